The number of nitriles is 1. The van der Waals surface area contributed by atoms with Crippen molar-refractivity contribution in [3.8, 4) is 6.07 Å². The van der Waals surface area contributed by atoms with E-state index in [9.17, 15) is 23.2 Å². The summed E-state index contributed by atoms with van der Waals surface area (Å²) in [5.41, 5.74) is 10.8. The van der Waals surface area contributed by atoms with Crippen LogP contribution in [-0.4, -0.2) is 34.7 Å². The fourth-order valence-electron chi connectivity index (χ4n) is 3.86. The smallest absolute Gasteiger partial charge is 0.368 e. The topological polar surface area (TPSA) is 119 Å². The zero-order valence-electron chi connectivity index (χ0n) is 15.4. The second-order valence-electron chi connectivity index (χ2n) is 6.60. The Hall–Kier alpha value is -2.84. The largest absolute Gasteiger partial charge is 0.416 e. The van der Waals surface area contributed by atoms with E-state index in [1.807, 2.05) is 6.07 Å². The summed E-state index contributed by atoms with van der Waals surface area (Å²) in [6, 6.07) is 5.80. The number of nitrogens with zero attached hydrogens (tertiary/aromatic N) is 4. The van der Waals surface area contributed by atoms with Crippen LogP contribution in [-0.2, 0) is 11.0 Å². The number of anilines is 1. The van der Waals surface area contributed by atoms with E-state index in [0.717, 1.165) is 23.9 Å². The van der Waals surface area contributed by atoms with Crippen molar-refractivity contribution in [3.05, 3.63) is 35.4 Å². The highest BCUT2D eigenvalue weighted by atomic mass is 32.2. The van der Waals surface area contributed by atoms with Crippen molar-refractivity contribution < 1.29 is 18.0 Å². The number of carbonyl (C=O) groups excluding carboxylic acids is 1. The molecule has 29 heavy (non-hydrogen) atoms. The SMILES string of the molecule is CSc1nc(N)nc([N@+]2(c3cccc(C(F)(F)F)c3)CCCC2C(N)=O)c1C#N. The summed E-state index contributed by atoms with van der Waals surface area (Å²) in [6.45, 7) is 0.244. The molecule has 1 saturated heterocycles. The molecule has 0 aliphatic carbocycles. The first kappa shape index (κ1) is 20.9. The van der Waals surface area contributed by atoms with Crippen molar-refractivity contribution in [2.24, 2.45) is 5.73 Å². The van der Waals surface area contributed by atoms with Gasteiger partial charge >= 0.3 is 6.18 Å². The molecular weight excluding hydrogens is 405 g/mol. The summed E-state index contributed by atoms with van der Waals surface area (Å²) in [7, 11) is 0. The lowest BCUT2D eigenvalue weighted by atomic mass is 10.1. The van der Waals surface area contributed by atoms with Gasteiger partial charge in [0.2, 0.25) is 5.95 Å². The zero-order valence-corrected chi connectivity index (χ0v) is 16.2. The maximum atomic E-state index is 13.4. The molecule has 1 aromatic carbocycles. The van der Waals surface area contributed by atoms with Crippen LogP contribution in [0.4, 0.5) is 30.6 Å². The van der Waals surface area contributed by atoms with E-state index in [4.69, 9.17) is 11.5 Å². The number of halogens is 3. The van der Waals surface area contributed by atoms with Crippen LogP contribution in [0.2, 0.25) is 0 Å². The molecule has 1 unspecified atom stereocenters. The van der Waals surface area contributed by atoms with Crippen LogP contribution < -0.4 is 16.0 Å². The predicted molar refractivity (Wildman–Crippen MR) is 103 cm³/mol. The number of benzene rings is 1. The van der Waals surface area contributed by atoms with E-state index in [-0.39, 0.29) is 34.6 Å². The van der Waals surface area contributed by atoms with Crippen molar-refractivity contribution in [1.82, 2.24) is 14.5 Å². The Morgan fingerprint density at radius 2 is 2.10 bits per heavy atom. The van der Waals surface area contributed by atoms with Gasteiger partial charge in [-0.3, -0.25) is 4.79 Å². The third kappa shape index (κ3) is 3.49. The van der Waals surface area contributed by atoms with Gasteiger partial charge in [0.15, 0.2) is 11.6 Å². The molecule has 1 amide bonds. The summed E-state index contributed by atoms with van der Waals surface area (Å²) in [5, 5.41) is 10.0. The minimum Gasteiger partial charge on any atom is -0.368 e. The Kier molecular flexibility index (Phi) is 5.42. The first-order valence-corrected chi connectivity index (χ1v) is 9.84. The van der Waals surface area contributed by atoms with Gasteiger partial charge in [0, 0.05) is 18.9 Å². The number of thioether (sulfide) groups is 1. The molecule has 0 bridgehead atoms. The minimum absolute atomic E-state index is 0.0669. The molecule has 1 fully saturated rings. The average Bonchev–Trinajstić information content (AvgIpc) is 3.13. The lowest BCUT2D eigenvalue weighted by Gasteiger charge is -2.37. The van der Waals surface area contributed by atoms with Crippen molar-refractivity contribution in [3.63, 3.8) is 0 Å². The molecular formula is C18H18F3N6OS+. The van der Waals surface area contributed by atoms with Gasteiger partial charge < -0.3 is 11.5 Å². The van der Waals surface area contributed by atoms with Gasteiger partial charge in [-0.05, 0) is 18.4 Å². The van der Waals surface area contributed by atoms with Gasteiger partial charge in [-0.1, -0.05) is 6.07 Å². The molecule has 2 aromatic rings. The third-order valence-corrected chi connectivity index (χ3v) is 5.72. The van der Waals surface area contributed by atoms with Crippen LogP contribution in [0.5, 0.6) is 0 Å². The van der Waals surface area contributed by atoms with Crippen LogP contribution in [0, 0.1) is 11.3 Å². The number of carbonyl (C=O) groups is 1. The lowest BCUT2D eigenvalue weighted by molar-refractivity contribution is -0.137. The Morgan fingerprint density at radius 1 is 1.38 bits per heavy atom. The maximum Gasteiger partial charge on any atom is 0.416 e. The number of quaternary nitrogens is 1. The van der Waals surface area contributed by atoms with E-state index in [2.05, 4.69) is 9.97 Å². The highest BCUT2D eigenvalue weighted by Crippen LogP contribution is 2.46. The number of hydrogen-bond donors (Lipinski definition) is 2. The van der Waals surface area contributed by atoms with Gasteiger partial charge in [0.05, 0.1) is 12.1 Å². The number of nitrogen functional groups attached to an aromatic ring is 1. The highest BCUT2D eigenvalue weighted by Gasteiger charge is 2.52. The molecule has 7 nitrogen and oxygen atoms in total. The second-order valence-corrected chi connectivity index (χ2v) is 7.40. The number of primary amides is 1. The fraction of sp³-hybridized carbons (Fsp3) is 0.333. The van der Waals surface area contributed by atoms with Crippen LogP contribution in [0.1, 0.15) is 24.0 Å². The first-order valence-electron chi connectivity index (χ1n) is 8.62. The van der Waals surface area contributed by atoms with Crippen LogP contribution in [0.15, 0.2) is 29.3 Å². The van der Waals surface area contributed by atoms with Gasteiger partial charge in [-0.25, -0.2) is 9.47 Å². The Labute approximate surface area is 169 Å². The molecule has 1 aliphatic rings. The number of amides is 1. The van der Waals surface area contributed by atoms with Crippen molar-refractivity contribution in [2.75, 3.05) is 18.5 Å². The maximum absolute atomic E-state index is 13.4. The average molecular weight is 423 g/mol. The summed E-state index contributed by atoms with van der Waals surface area (Å²) < 4.78 is 39.7. The number of nitrogens with two attached hydrogens (primary N) is 2. The van der Waals surface area contributed by atoms with Crippen molar-refractivity contribution in [2.45, 2.75) is 30.1 Å². The number of alkyl halides is 3. The molecule has 4 N–H and O–H groups in total. The third-order valence-electron chi connectivity index (χ3n) is 5.04. The number of aromatic nitrogens is 2. The molecule has 1 aromatic heterocycles. The van der Waals surface area contributed by atoms with E-state index in [1.165, 1.54) is 12.1 Å². The van der Waals surface area contributed by atoms with E-state index in [0.29, 0.717) is 12.8 Å². The van der Waals surface area contributed by atoms with Crippen LogP contribution in [0.25, 0.3) is 0 Å². The quantitative estimate of drug-likeness (QED) is 0.443. The molecule has 2 atom stereocenters. The van der Waals surface area contributed by atoms with E-state index >= 15 is 0 Å². The summed E-state index contributed by atoms with van der Waals surface area (Å²) >= 11 is 1.16. The molecule has 1 aliphatic heterocycles. The Morgan fingerprint density at radius 3 is 2.69 bits per heavy atom. The number of rotatable bonds is 4. The number of hydrogen-bond acceptors (Lipinski definition) is 6. The highest BCUT2D eigenvalue weighted by molar-refractivity contribution is 7.98. The minimum atomic E-state index is -4.57. The van der Waals surface area contributed by atoms with Gasteiger partial charge in [-0.2, -0.15) is 23.4 Å². The summed E-state index contributed by atoms with van der Waals surface area (Å²) in [6.07, 6.45) is -2.03. The Balaban J connectivity index is 2.39. The van der Waals surface area contributed by atoms with Crippen LogP contribution in [0.3, 0.4) is 0 Å². The van der Waals surface area contributed by atoms with Gasteiger partial charge in [0.1, 0.15) is 16.8 Å². The first-order chi connectivity index (χ1) is 13.6. The van der Waals surface area contributed by atoms with Crippen LogP contribution >= 0.6 is 11.8 Å². The second kappa shape index (κ2) is 7.53. The molecule has 152 valence electrons. The Bertz CT molecular complexity index is 1010. The fourth-order valence-corrected chi connectivity index (χ4v) is 4.39. The predicted octanol–water partition coefficient (Wildman–Crippen LogP) is 2.96. The molecule has 3 rings (SSSR count). The van der Waals surface area contributed by atoms with E-state index in [1.54, 1.807) is 6.26 Å². The van der Waals surface area contributed by atoms with Crippen molar-refractivity contribution >= 4 is 35.1 Å². The summed E-state index contributed by atoms with van der Waals surface area (Å²) in [4.78, 5) is 20.6. The van der Waals surface area contributed by atoms with Gasteiger partial charge in [-0.15, -0.1) is 11.8 Å². The molecule has 0 radical (unpaired) electrons. The molecule has 0 spiro atoms. The summed E-state index contributed by atoms with van der Waals surface area (Å²) in [5.74, 6) is -0.736. The zero-order chi connectivity index (χ0) is 21.4. The molecule has 11 heteroatoms. The molecule has 0 saturated carbocycles. The van der Waals surface area contributed by atoms with Gasteiger partial charge in [0.25, 0.3) is 11.7 Å². The monoisotopic (exact) mass is 423 g/mol. The standard InChI is InChI=1S/C18H17F3N6OS/c1-29-16-12(9-22)15(25-17(24)26-16)27(7-3-6-13(27)14(23)28)11-5-2-4-10(8-11)18(19,20)21/h2,4-5,8,13H,3,6-7H2,1H3,(H3-,23,24,25,26,28)/p+1/t13?,27-/m0/s1. The normalized spacial score (nSPS) is 21.7. The lowest BCUT2D eigenvalue weighted by Crippen LogP contribution is -2.55. The molecule has 2 heterocycles. The van der Waals surface area contributed by atoms with Crippen molar-refractivity contribution in [1.29, 1.82) is 5.26 Å². The van der Waals surface area contributed by atoms with E-state index < -0.39 is 28.2 Å².